The van der Waals surface area contributed by atoms with Crippen LogP contribution in [0, 0.1) is 13.8 Å². The lowest BCUT2D eigenvalue weighted by Gasteiger charge is -2.15. The van der Waals surface area contributed by atoms with Gasteiger partial charge in [-0.1, -0.05) is 23.9 Å². The molecule has 1 fully saturated rings. The molecule has 23 heavy (non-hydrogen) atoms. The number of β-amino-alcohol motifs (C(OH)–C–C–N with tert-alkyl or cyclic N) is 1. The number of rotatable bonds is 4. The molecule has 1 aliphatic heterocycles. The van der Waals surface area contributed by atoms with Gasteiger partial charge in [-0.15, -0.1) is 0 Å². The molecular weight excluding hydrogens is 310 g/mol. The molecule has 122 valence electrons. The summed E-state index contributed by atoms with van der Waals surface area (Å²) in [6, 6.07) is 6.31. The average molecular weight is 331 g/mol. The van der Waals surface area contributed by atoms with Crippen molar-refractivity contribution >= 4 is 17.7 Å². The zero-order chi connectivity index (χ0) is 16.4. The first kappa shape index (κ1) is 16.1. The third-order valence-corrected chi connectivity index (χ3v) is 5.02. The molecule has 1 saturated heterocycles. The summed E-state index contributed by atoms with van der Waals surface area (Å²) < 4.78 is 2.03. The van der Waals surface area contributed by atoms with Gasteiger partial charge in [-0.3, -0.25) is 9.36 Å². The first-order valence-corrected chi connectivity index (χ1v) is 8.73. The van der Waals surface area contributed by atoms with E-state index in [4.69, 9.17) is 0 Å². The van der Waals surface area contributed by atoms with Gasteiger partial charge in [0.15, 0.2) is 5.16 Å². The van der Waals surface area contributed by atoms with Crippen LogP contribution in [0.1, 0.15) is 17.5 Å². The number of aliphatic hydroxyl groups is 1. The zero-order valence-corrected chi connectivity index (χ0v) is 14.2. The van der Waals surface area contributed by atoms with Gasteiger partial charge >= 0.3 is 0 Å². The normalized spacial score (nSPS) is 17.7. The van der Waals surface area contributed by atoms with E-state index in [0.717, 1.165) is 10.8 Å². The lowest BCUT2D eigenvalue weighted by Crippen LogP contribution is -2.31. The standard InChI is InChI=1S/C17H21N3O2S/c1-12-3-4-13(2)15(9-12)20-8-6-18-17(20)23-11-16(22)19-7-5-14(21)10-19/h3-4,6,8-9,14,21H,5,7,10-11H2,1-2H3/t14-/m1/s1. The predicted molar refractivity (Wildman–Crippen MR) is 91.0 cm³/mol. The van der Waals surface area contributed by atoms with Crippen LogP contribution in [-0.2, 0) is 4.79 Å². The molecule has 1 amide bonds. The highest BCUT2D eigenvalue weighted by atomic mass is 32.2. The largest absolute Gasteiger partial charge is 0.391 e. The maximum atomic E-state index is 12.2. The van der Waals surface area contributed by atoms with Crippen LogP contribution in [0.15, 0.2) is 35.7 Å². The predicted octanol–water partition coefficient (Wildman–Crippen LogP) is 2.17. The molecule has 1 atom stereocenters. The number of aromatic nitrogens is 2. The third-order valence-electron chi connectivity index (χ3n) is 4.07. The number of hydrogen-bond donors (Lipinski definition) is 1. The number of nitrogens with zero attached hydrogens (tertiary/aromatic N) is 3. The number of aliphatic hydroxyl groups excluding tert-OH is 1. The number of hydrogen-bond acceptors (Lipinski definition) is 4. The molecule has 0 radical (unpaired) electrons. The van der Waals surface area contributed by atoms with Crippen LogP contribution in [0.5, 0.6) is 0 Å². The second-order valence-electron chi connectivity index (χ2n) is 5.94. The first-order valence-electron chi connectivity index (χ1n) is 7.74. The Hall–Kier alpha value is -1.79. The fraction of sp³-hybridized carbons (Fsp3) is 0.412. The minimum Gasteiger partial charge on any atom is -0.391 e. The van der Waals surface area contributed by atoms with Gasteiger partial charge in [0.25, 0.3) is 0 Å². The molecule has 0 bridgehead atoms. The van der Waals surface area contributed by atoms with E-state index in [1.807, 2.05) is 10.8 Å². The third kappa shape index (κ3) is 3.59. The highest BCUT2D eigenvalue weighted by molar-refractivity contribution is 7.99. The highest BCUT2D eigenvalue weighted by Gasteiger charge is 2.24. The van der Waals surface area contributed by atoms with Gasteiger partial charge < -0.3 is 10.0 Å². The van der Waals surface area contributed by atoms with Crippen molar-refractivity contribution in [1.82, 2.24) is 14.5 Å². The molecule has 1 aromatic carbocycles. The van der Waals surface area contributed by atoms with Crippen molar-refractivity contribution < 1.29 is 9.90 Å². The maximum Gasteiger partial charge on any atom is 0.233 e. The monoisotopic (exact) mass is 331 g/mol. The van der Waals surface area contributed by atoms with Gasteiger partial charge in [-0.25, -0.2) is 4.98 Å². The quantitative estimate of drug-likeness (QED) is 0.873. The van der Waals surface area contributed by atoms with E-state index in [2.05, 4.69) is 37.0 Å². The van der Waals surface area contributed by atoms with Crippen molar-refractivity contribution in [2.75, 3.05) is 18.8 Å². The second kappa shape index (κ2) is 6.76. The van der Waals surface area contributed by atoms with E-state index in [1.54, 1.807) is 11.1 Å². The van der Waals surface area contributed by atoms with Crippen molar-refractivity contribution in [3.63, 3.8) is 0 Å². The number of carbonyl (C=O) groups is 1. The van der Waals surface area contributed by atoms with Crippen LogP contribution >= 0.6 is 11.8 Å². The van der Waals surface area contributed by atoms with Crippen molar-refractivity contribution in [3.8, 4) is 5.69 Å². The van der Waals surface area contributed by atoms with Gasteiger partial charge in [-0.05, 0) is 37.5 Å². The molecule has 0 unspecified atom stereocenters. The Morgan fingerprint density at radius 2 is 2.26 bits per heavy atom. The molecule has 2 aromatic rings. The summed E-state index contributed by atoms with van der Waals surface area (Å²) in [7, 11) is 0. The number of imidazole rings is 1. The molecule has 1 aromatic heterocycles. The maximum absolute atomic E-state index is 12.2. The van der Waals surface area contributed by atoms with Gasteiger partial charge in [0.1, 0.15) is 0 Å². The van der Waals surface area contributed by atoms with Gasteiger partial charge in [0.2, 0.25) is 5.91 Å². The molecule has 0 saturated carbocycles. The van der Waals surface area contributed by atoms with Gasteiger partial charge in [0.05, 0.1) is 17.5 Å². The first-order chi connectivity index (χ1) is 11.0. The number of likely N-dealkylation sites (tertiary alicyclic amines) is 1. The summed E-state index contributed by atoms with van der Waals surface area (Å²) >= 11 is 1.44. The minimum absolute atomic E-state index is 0.0575. The van der Waals surface area contributed by atoms with Crippen molar-refractivity contribution in [2.24, 2.45) is 0 Å². The summed E-state index contributed by atoms with van der Waals surface area (Å²) in [6.07, 6.45) is 3.98. The van der Waals surface area contributed by atoms with Gasteiger partial charge in [0, 0.05) is 25.5 Å². The number of carbonyl (C=O) groups excluding carboxylic acids is 1. The topological polar surface area (TPSA) is 58.4 Å². The van der Waals surface area contributed by atoms with Crippen LogP contribution in [0.25, 0.3) is 5.69 Å². The molecule has 3 rings (SSSR count). The summed E-state index contributed by atoms with van der Waals surface area (Å²) in [5.74, 6) is 0.399. The lowest BCUT2D eigenvalue weighted by molar-refractivity contribution is -0.127. The summed E-state index contributed by atoms with van der Waals surface area (Å²) in [5, 5.41) is 10.3. The Kier molecular flexibility index (Phi) is 4.73. The number of aryl methyl sites for hydroxylation is 2. The van der Waals surface area contributed by atoms with Crippen LogP contribution in [0.4, 0.5) is 0 Å². The molecule has 0 aliphatic carbocycles. The van der Waals surface area contributed by atoms with Crippen LogP contribution < -0.4 is 0 Å². The smallest absolute Gasteiger partial charge is 0.233 e. The van der Waals surface area contributed by atoms with E-state index in [-0.39, 0.29) is 12.0 Å². The molecule has 1 aliphatic rings. The highest BCUT2D eigenvalue weighted by Crippen LogP contribution is 2.24. The Morgan fingerprint density at radius 3 is 3.00 bits per heavy atom. The molecular formula is C17H21N3O2S. The van der Waals surface area contributed by atoms with Crippen molar-refractivity contribution in [2.45, 2.75) is 31.5 Å². The van der Waals surface area contributed by atoms with E-state index in [9.17, 15) is 9.90 Å². The van der Waals surface area contributed by atoms with Crippen molar-refractivity contribution in [1.29, 1.82) is 0 Å². The Morgan fingerprint density at radius 1 is 1.43 bits per heavy atom. The SMILES string of the molecule is Cc1ccc(C)c(-n2ccnc2SCC(=O)N2CC[C@@H](O)C2)c1. The Bertz CT molecular complexity index is 714. The number of benzene rings is 1. The fourth-order valence-corrected chi connectivity index (χ4v) is 3.61. The fourth-order valence-electron chi connectivity index (χ4n) is 2.74. The Labute approximate surface area is 140 Å². The molecule has 6 heteroatoms. The van der Waals surface area contributed by atoms with E-state index < -0.39 is 0 Å². The average Bonchev–Trinajstić information content (AvgIpc) is 3.16. The van der Waals surface area contributed by atoms with Crippen LogP contribution in [-0.4, -0.2) is 50.4 Å². The zero-order valence-electron chi connectivity index (χ0n) is 13.4. The summed E-state index contributed by atoms with van der Waals surface area (Å²) in [6.45, 7) is 5.23. The van der Waals surface area contributed by atoms with Crippen LogP contribution in [0.3, 0.4) is 0 Å². The number of thioether (sulfide) groups is 1. The second-order valence-corrected chi connectivity index (χ2v) is 6.88. The summed E-state index contributed by atoms with van der Waals surface area (Å²) in [4.78, 5) is 18.3. The van der Waals surface area contributed by atoms with Crippen molar-refractivity contribution in [3.05, 3.63) is 41.7 Å². The molecule has 0 spiro atoms. The molecule has 2 heterocycles. The number of amides is 1. The van der Waals surface area contributed by atoms with E-state index in [0.29, 0.717) is 25.3 Å². The van der Waals surface area contributed by atoms with E-state index >= 15 is 0 Å². The molecule has 5 nitrogen and oxygen atoms in total. The summed E-state index contributed by atoms with van der Waals surface area (Å²) in [5.41, 5.74) is 3.45. The van der Waals surface area contributed by atoms with E-state index in [1.165, 1.54) is 22.9 Å². The minimum atomic E-state index is -0.374. The Balaban J connectivity index is 1.72. The van der Waals surface area contributed by atoms with Crippen LogP contribution in [0.2, 0.25) is 0 Å². The molecule has 1 N–H and O–H groups in total. The van der Waals surface area contributed by atoms with Gasteiger partial charge in [-0.2, -0.15) is 0 Å². The lowest BCUT2D eigenvalue weighted by atomic mass is 10.1.